The van der Waals surface area contributed by atoms with Crippen LogP contribution in [0.3, 0.4) is 0 Å². The van der Waals surface area contributed by atoms with Gasteiger partial charge in [0.05, 0.1) is 11.4 Å². The lowest BCUT2D eigenvalue weighted by atomic mass is 10.2. The maximum Gasteiger partial charge on any atom is 0.133 e. The van der Waals surface area contributed by atoms with Gasteiger partial charge in [-0.25, -0.2) is 0 Å². The van der Waals surface area contributed by atoms with E-state index in [0.717, 1.165) is 30.2 Å². The Bertz CT molecular complexity index is 507. The molecule has 2 rings (SSSR count). The lowest BCUT2D eigenvalue weighted by Crippen LogP contribution is -2.24. The SMILES string of the molecule is Cc1nccnc1C(C)NCCc1nncn1C. The van der Waals surface area contributed by atoms with Crippen LogP contribution in [0.25, 0.3) is 0 Å². The van der Waals surface area contributed by atoms with Crippen molar-refractivity contribution in [3.8, 4) is 0 Å². The molecule has 0 radical (unpaired) electrons. The summed E-state index contributed by atoms with van der Waals surface area (Å²) >= 11 is 0. The molecule has 2 aromatic rings. The highest BCUT2D eigenvalue weighted by Gasteiger charge is 2.10. The lowest BCUT2D eigenvalue weighted by Gasteiger charge is -2.14. The molecule has 0 bridgehead atoms. The number of nitrogens with one attached hydrogen (secondary N) is 1. The quantitative estimate of drug-likeness (QED) is 0.845. The second-order valence-corrected chi connectivity index (χ2v) is 4.31. The molecule has 1 unspecified atom stereocenters. The Labute approximate surface area is 106 Å². The average molecular weight is 246 g/mol. The smallest absolute Gasteiger partial charge is 0.133 e. The Hall–Kier alpha value is -1.82. The van der Waals surface area contributed by atoms with E-state index in [-0.39, 0.29) is 6.04 Å². The van der Waals surface area contributed by atoms with Gasteiger partial charge < -0.3 is 9.88 Å². The molecule has 0 spiro atoms. The summed E-state index contributed by atoms with van der Waals surface area (Å²) in [6, 6.07) is 0.187. The zero-order valence-corrected chi connectivity index (χ0v) is 11.0. The molecule has 0 fully saturated rings. The lowest BCUT2D eigenvalue weighted by molar-refractivity contribution is 0.548. The maximum absolute atomic E-state index is 4.35. The summed E-state index contributed by atoms with van der Waals surface area (Å²) < 4.78 is 1.93. The molecule has 0 aliphatic heterocycles. The van der Waals surface area contributed by atoms with Gasteiger partial charge in [-0.3, -0.25) is 9.97 Å². The predicted octanol–water partition coefficient (Wildman–Crippen LogP) is 0.807. The highest BCUT2D eigenvalue weighted by molar-refractivity contribution is 5.12. The minimum Gasteiger partial charge on any atom is -0.321 e. The van der Waals surface area contributed by atoms with Gasteiger partial charge >= 0.3 is 0 Å². The number of hydrogen-bond acceptors (Lipinski definition) is 5. The molecule has 0 aromatic carbocycles. The molecule has 1 N–H and O–H groups in total. The summed E-state index contributed by atoms with van der Waals surface area (Å²) in [7, 11) is 1.95. The molecule has 1 atom stereocenters. The van der Waals surface area contributed by atoms with Crippen molar-refractivity contribution >= 4 is 0 Å². The minimum absolute atomic E-state index is 0.187. The van der Waals surface area contributed by atoms with Gasteiger partial charge in [-0.05, 0) is 13.8 Å². The van der Waals surface area contributed by atoms with Crippen LogP contribution in [0.5, 0.6) is 0 Å². The van der Waals surface area contributed by atoms with Crippen LogP contribution in [0.2, 0.25) is 0 Å². The number of aromatic nitrogens is 5. The van der Waals surface area contributed by atoms with E-state index in [1.54, 1.807) is 18.7 Å². The molecule has 6 nitrogen and oxygen atoms in total. The largest absolute Gasteiger partial charge is 0.321 e. The fourth-order valence-corrected chi connectivity index (χ4v) is 1.87. The summed E-state index contributed by atoms with van der Waals surface area (Å²) in [6.07, 6.45) is 6.00. The van der Waals surface area contributed by atoms with E-state index < -0.39 is 0 Å². The van der Waals surface area contributed by atoms with Crippen molar-refractivity contribution < 1.29 is 0 Å². The van der Waals surface area contributed by atoms with Crippen LogP contribution in [0.15, 0.2) is 18.7 Å². The van der Waals surface area contributed by atoms with Gasteiger partial charge in [0.1, 0.15) is 12.2 Å². The summed E-state index contributed by atoms with van der Waals surface area (Å²) in [4.78, 5) is 8.60. The van der Waals surface area contributed by atoms with Crippen molar-refractivity contribution in [2.24, 2.45) is 7.05 Å². The van der Waals surface area contributed by atoms with Crippen LogP contribution in [0.4, 0.5) is 0 Å². The molecule has 0 aliphatic carbocycles. The van der Waals surface area contributed by atoms with Gasteiger partial charge in [0, 0.05) is 38.4 Å². The first kappa shape index (κ1) is 12.6. The molecule has 0 amide bonds. The first-order valence-electron chi connectivity index (χ1n) is 6.02. The van der Waals surface area contributed by atoms with E-state index in [1.807, 2.05) is 18.5 Å². The molecular weight excluding hydrogens is 228 g/mol. The Balaban J connectivity index is 1.87. The Kier molecular flexibility index (Phi) is 3.99. The van der Waals surface area contributed by atoms with Crippen molar-refractivity contribution in [1.29, 1.82) is 0 Å². The highest BCUT2D eigenvalue weighted by atomic mass is 15.2. The fourth-order valence-electron chi connectivity index (χ4n) is 1.87. The molecule has 0 aliphatic rings. The molecule has 0 saturated heterocycles. The first-order chi connectivity index (χ1) is 8.68. The Morgan fingerprint density at radius 3 is 2.78 bits per heavy atom. The van der Waals surface area contributed by atoms with Crippen molar-refractivity contribution in [2.75, 3.05) is 6.54 Å². The minimum atomic E-state index is 0.187. The third kappa shape index (κ3) is 2.89. The van der Waals surface area contributed by atoms with E-state index in [1.165, 1.54) is 0 Å². The highest BCUT2D eigenvalue weighted by Crippen LogP contribution is 2.11. The van der Waals surface area contributed by atoms with Gasteiger partial charge in [-0.1, -0.05) is 0 Å². The summed E-state index contributed by atoms with van der Waals surface area (Å²) in [5.74, 6) is 0.977. The van der Waals surface area contributed by atoms with Crippen molar-refractivity contribution in [2.45, 2.75) is 26.3 Å². The number of aryl methyl sites for hydroxylation is 2. The second kappa shape index (κ2) is 5.68. The number of nitrogens with zero attached hydrogens (tertiary/aromatic N) is 5. The standard InChI is InChI=1S/C12H18N6/c1-9(12-10(2)14-6-7-15-12)13-5-4-11-17-16-8-18(11)3/h6-9,13H,4-5H2,1-3H3. The van der Waals surface area contributed by atoms with E-state index >= 15 is 0 Å². The van der Waals surface area contributed by atoms with Crippen LogP contribution in [-0.4, -0.2) is 31.3 Å². The van der Waals surface area contributed by atoms with Crippen molar-refractivity contribution in [3.05, 3.63) is 35.9 Å². The van der Waals surface area contributed by atoms with E-state index in [2.05, 4.69) is 32.4 Å². The monoisotopic (exact) mass is 246 g/mol. The van der Waals surface area contributed by atoms with Crippen molar-refractivity contribution in [1.82, 2.24) is 30.0 Å². The normalized spacial score (nSPS) is 12.6. The van der Waals surface area contributed by atoms with E-state index in [4.69, 9.17) is 0 Å². The zero-order valence-electron chi connectivity index (χ0n) is 11.0. The summed E-state index contributed by atoms with van der Waals surface area (Å²) in [5.41, 5.74) is 1.96. The average Bonchev–Trinajstić information content (AvgIpc) is 2.75. The third-order valence-electron chi connectivity index (χ3n) is 2.93. The van der Waals surface area contributed by atoms with Gasteiger partial charge in [0.25, 0.3) is 0 Å². The molecule has 2 aromatic heterocycles. The second-order valence-electron chi connectivity index (χ2n) is 4.31. The molecule has 0 saturated carbocycles. The third-order valence-corrected chi connectivity index (χ3v) is 2.93. The van der Waals surface area contributed by atoms with Crippen LogP contribution in [0, 0.1) is 6.92 Å². The van der Waals surface area contributed by atoms with Crippen LogP contribution >= 0.6 is 0 Å². The van der Waals surface area contributed by atoms with Gasteiger partial charge in [-0.2, -0.15) is 0 Å². The molecule has 6 heteroatoms. The molecular formula is C12H18N6. The van der Waals surface area contributed by atoms with E-state index in [9.17, 15) is 0 Å². The zero-order chi connectivity index (χ0) is 13.0. The number of rotatable bonds is 5. The predicted molar refractivity (Wildman–Crippen MR) is 67.9 cm³/mol. The van der Waals surface area contributed by atoms with Gasteiger partial charge in [-0.15, -0.1) is 10.2 Å². The van der Waals surface area contributed by atoms with Crippen LogP contribution in [-0.2, 0) is 13.5 Å². The molecule has 96 valence electrons. The Morgan fingerprint density at radius 1 is 1.33 bits per heavy atom. The van der Waals surface area contributed by atoms with E-state index in [0.29, 0.717) is 0 Å². The van der Waals surface area contributed by atoms with Gasteiger partial charge in [0.15, 0.2) is 0 Å². The Morgan fingerprint density at radius 2 is 2.11 bits per heavy atom. The summed E-state index contributed by atoms with van der Waals surface area (Å²) in [6.45, 7) is 4.90. The molecule has 2 heterocycles. The first-order valence-corrected chi connectivity index (χ1v) is 6.02. The van der Waals surface area contributed by atoms with Crippen LogP contribution in [0.1, 0.15) is 30.2 Å². The van der Waals surface area contributed by atoms with Gasteiger partial charge in [0.2, 0.25) is 0 Å². The number of hydrogen-bond donors (Lipinski definition) is 1. The van der Waals surface area contributed by atoms with Crippen molar-refractivity contribution in [3.63, 3.8) is 0 Å². The maximum atomic E-state index is 4.35. The van der Waals surface area contributed by atoms with Crippen LogP contribution < -0.4 is 5.32 Å². The fraction of sp³-hybridized carbons (Fsp3) is 0.500. The topological polar surface area (TPSA) is 68.5 Å². The molecule has 18 heavy (non-hydrogen) atoms. The summed E-state index contributed by atoms with van der Waals surface area (Å²) in [5, 5.41) is 11.3.